The summed E-state index contributed by atoms with van der Waals surface area (Å²) in [5.74, 6) is 0.122. The van der Waals surface area contributed by atoms with Gasteiger partial charge in [-0.2, -0.15) is 0 Å². The van der Waals surface area contributed by atoms with Crippen LogP contribution < -0.4 is 5.32 Å². The van der Waals surface area contributed by atoms with Crippen LogP contribution in [0.15, 0.2) is 12.1 Å². The molecular formula is C10H14ClNO2. The van der Waals surface area contributed by atoms with Gasteiger partial charge >= 0.3 is 0 Å². The molecule has 1 aromatic carbocycles. The van der Waals surface area contributed by atoms with Crippen LogP contribution in [-0.4, -0.2) is 23.8 Å². The number of nitrogens with one attached hydrogen (secondary N) is 1. The van der Waals surface area contributed by atoms with E-state index in [1.54, 1.807) is 20.0 Å². The van der Waals surface area contributed by atoms with E-state index in [2.05, 4.69) is 5.32 Å². The van der Waals surface area contributed by atoms with Gasteiger partial charge in [-0.15, -0.1) is 0 Å². The zero-order chi connectivity index (χ0) is 10.7. The number of hydrogen-bond donors (Lipinski definition) is 3. The molecule has 4 heteroatoms. The van der Waals surface area contributed by atoms with Gasteiger partial charge in [-0.05, 0) is 31.7 Å². The summed E-state index contributed by atoms with van der Waals surface area (Å²) in [4.78, 5) is 0. The number of aromatic hydroxyl groups is 1. The fourth-order valence-corrected chi connectivity index (χ4v) is 1.56. The van der Waals surface area contributed by atoms with E-state index in [0.717, 1.165) is 5.56 Å². The molecule has 0 aliphatic rings. The molecule has 0 saturated carbocycles. The van der Waals surface area contributed by atoms with E-state index in [-0.39, 0.29) is 5.75 Å². The fourth-order valence-electron chi connectivity index (χ4n) is 1.32. The first-order valence-electron chi connectivity index (χ1n) is 4.38. The predicted molar refractivity (Wildman–Crippen MR) is 56.7 cm³/mol. The van der Waals surface area contributed by atoms with Crippen molar-refractivity contribution in [3.05, 3.63) is 28.3 Å². The standard InChI is InChI=1S/C10H14ClNO2/c1-6-3-7(13)4-8(10(6)11)9(14)5-12-2/h3-4,9,12-14H,5H2,1-2H3. The summed E-state index contributed by atoms with van der Waals surface area (Å²) in [7, 11) is 1.74. The van der Waals surface area contributed by atoms with Gasteiger partial charge in [0.2, 0.25) is 0 Å². The Morgan fingerprint density at radius 1 is 1.50 bits per heavy atom. The highest BCUT2D eigenvalue weighted by atomic mass is 35.5. The largest absolute Gasteiger partial charge is 0.508 e. The zero-order valence-corrected chi connectivity index (χ0v) is 8.97. The van der Waals surface area contributed by atoms with Crippen molar-refractivity contribution in [2.45, 2.75) is 13.0 Å². The number of likely N-dealkylation sites (N-methyl/N-ethyl adjacent to an activating group) is 1. The van der Waals surface area contributed by atoms with Gasteiger partial charge in [0, 0.05) is 17.1 Å². The van der Waals surface area contributed by atoms with Crippen molar-refractivity contribution in [3.63, 3.8) is 0 Å². The number of aliphatic hydroxyl groups excluding tert-OH is 1. The summed E-state index contributed by atoms with van der Waals surface area (Å²) in [6.45, 7) is 2.19. The maximum Gasteiger partial charge on any atom is 0.116 e. The number of halogens is 1. The number of phenols is 1. The van der Waals surface area contributed by atoms with Gasteiger partial charge in [0.15, 0.2) is 0 Å². The smallest absolute Gasteiger partial charge is 0.116 e. The maximum atomic E-state index is 9.69. The molecule has 78 valence electrons. The van der Waals surface area contributed by atoms with Crippen molar-refractivity contribution in [1.82, 2.24) is 5.32 Å². The average molecular weight is 216 g/mol. The minimum atomic E-state index is -0.696. The SMILES string of the molecule is CNCC(O)c1cc(O)cc(C)c1Cl. The molecule has 1 aromatic rings. The molecule has 1 atom stereocenters. The Morgan fingerprint density at radius 3 is 2.71 bits per heavy atom. The minimum absolute atomic E-state index is 0.122. The molecule has 0 heterocycles. The van der Waals surface area contributed by atoms with Gasteiger partial charge in [-0.25, -0.2) is 0 Å². The monoisotopic (exact) mass is 215 g/mol. The minimum Gasteiger partial charge on any atom is -0.508 e. The summed E-state index contributed by atoms with van der Waals surface area (Å²) in [5, 5.41) is 22.4. The Bertz CT molecular complexity index is 328. The predicted octanol–water partition coefficient (Wildman–Crippen LogP) is 1.61. The fraction of sp³-hybridized carbons (Fsp3) is 0.400. The van der Waals surface area contributed by atoms with Crippen LogP contribution in [0, 0.1) is 6.92 Å². The van der Waals surface area contributed by atoms with E-state index >= 15 is 0 Å². The van der Waals surface area contributed by atoms with Crippen LogP contribution in [0.25, 0.3) is 0 Å². The summed E-state index contributed by atoms with van der Waals surface area (Å²) < 4.78 is 0. The first-order valence-corrected chi connectivity index (χ1v) is 4.75. The lowest BCUT2D eigenvalue weighted by Gasteiger charge is -2.14. The van der Waals surface area contributed by atoms with Crippen molar-refractivity contribution in [2.24, 2.45) is 0 Å². The molecule has 0 fully saturated rings. The summed E-state index contributed by atoms with van der Waals surface area (Å²) in [6, 6.07) is 3.05. The molecule has 1 unspecified atom stereocenters. The van der Waals surface area contributed by atoms with Crippen LogP contribution in [0.4, 0.5) is 0 Å². The Kier molecular flexibility index (Phi) is 3.75. The number of rotatable bonds is 3. The van der Waals surface area contributed by atoms with Gasteiger partial charge in [0.25, 0.3) is 0 Å². The molecule has 1 rings (SSSR count). The third-order valence-electron chi connectivity index (χ3n) is 2.02. The second-order valence-corrected chi connectivity index (χ2v) is 3.62. The van der Waals surface area contributed by atoms with Crippen molar-refractivity contribution in [1.29, 1.82) is 0 Å². The van der Waals surface area contributed by atoms with Gasteiger partial charge in [-0.3, -0.25) is 0 Å². The quantitative estimate of drug-likeness (QED) is 0.718. The molecule has 0 amide bonds. The Hall–Kier alpha value is -0.770. The zero-order valence-electron chi connectivity index (χ0n) is 8.21. The normalized spacial score (nSPS) is 12.9. The molecule has 0 aromatic heterocycles. The summed E-state index contributed by atoms with van der Waals surface area (Å²) in [6.07, 6.45) is -0.696. The van der Waals surface area contributed by atoms with Crippen LogP contribution in [0.2, 0.25) is 5.02 Å². The third kappa shape index (κ3) is 2.38. The number of aliphatic hydroxyl groups is 1. The molecule has 0 radical (unpaired) electrons. The Morgan fingerprint density at radius 2 is 2.14 bits per heavy atom. The molecule has 0 aliphatic heterocycles. The molecule has 3 N–H and O–H groups in total. The van der Waals surface area contributed by atoms with Crippen LogP contribution in [0.5, 0.6) is 5.75 Å². The lowest BCUT2D eigenvalue weighted by atomic mass is 10.1. The number of hydrogen-bond acceptors (Lipinski definition) is 3. The number of benzene rings is 1. The van der Waals surface area contributed by atoms with E-state index in [1.165, 1.54) is 6.07 Å². The lowest BCUT2D eigenvalue weighted by molar-refractivity contribution is 0.177. The van der Waals surface area contributed by atoms with Gasteiger partial charge < -0.3 is 15.5 Å². The van der Waals surface area contributed by atoms with Crippen molar-refractivity contribution in [3.8, 4) is 5.75 Å². The number of phenolic OH excluding ortho intramolecular Hbond substituents is 1. The second kappa shape index (κ2) is 4.64. The van der Waals surface area contributed by atoms with E-state index in [9.17, 15) is 10.2 Å². The molecule has 0 aliphatic carbocycles. The van der Waals surface area contributed by atoms with Gasteiger partial charge in [-0.1, -0.05) is 11.6 Å². The van der Waals surface area contributed by atoms with E-state index in [1.807, 2.05) is 0 Å². The highest BCUT2D eigenvalue weighted by Gasteiger charge is 2.13. The first-order chi connectivity index (χ1) is 6.56. The third-order valence-corrected chi connectivity index (χ3v) is 2.54. The number of aryl methyl sites for hydroxylation is 1. The van der Waals surface area contributed by atoms with Crippen molar-refractivity contribution in [2.75, 3.05) is 13.6 Å². The van der Waals surface area contributed by atoms with E-state index < -0.39 is 6.10 Å². The molecular weight excluding hydrogens is 202 g/mol. The highest BCUT2D eigenvalue weighted by molar-refractivity contribution is 6.32. The van der Waals surface area contributed by atoms with Crippen LogP contribution in [0.1, 0.15) is 17.2 Å². The van der Waals surface area contributed by atoms with E-state index in [0.29, 0.717) is 17.1 Å². The van der Waals surface area contributed by atoms with E-state index in [4.69, 9.17) is 11.6 Å². The molecule has 3 nitrogen and oxygen atoms in total. The molecule has 0 saturated heterocycles. The topological polar surface area (TPSA) is 52.5 Å². The highest BCUT2D eigenvalue weighted by Crippen LogP contribution is 2.30. The molecule has 0 spiro atoms. The maximum absolute atomic E-state index is 9.69. The Labute approximate surface area is 88.3 Å². The van der Waals surface area contributed by atoms with Crippen LogP contribution in [-0.2, 0) is 0 Å². The van der Waals surface area contributed by atoms with Gasteiger partial charge in [0.1, 0.15) is 5.75 Å². The molecule has 14 heavy (non-hydrogen) atoms. The van der Waals surface area contributed by atoms with Crippen molar-refractivity contribution >= 4 is 11.6 Å². The van der Waals surface area contributed by atoms with Crippen molar-refractivity contribution < 1.29 is 10.2 Å². The summed E-state index contributed by atoms with van der Waals surface area (Å²) >= 11 is 6.00. The molecule has 0 bridgehead atoms. The second-order valence-electron chi connectivity index (χ2n) is 3.24. The summed E-state index contributed by atoms with van der Waals surface area (Å²) in [5.41, 5.74) is 1.32. The van der Waals surface area contributed by atoms with Crippen LogP contribution in [0.3, 0.4) is 0 Å². The van der Waals surface area contributed by atoms with Gasteiger partial charge in [0.05, 0.1) is 6.10 Å². The lowest BCUT2D eigenvalue weighted by Crippen LogP contribution is -2.17. The average Bonchev–Trinajstić information content (AvgIpc) is 2.11. The Balaban J connectivity index is 3.07. The van der Waals surface area contributed by atoms with Crippen LogP contribution >= 0.6 is 11.6 Å². The first kappa shape index (κ1) is 11.3.